The number of quaternary nitrogens is 1. The normalized spacial score (nSPS) is 13.1. The molecule has 0 aromatic heterocycles. The Hall–Kier alpha value is -2.33. The summed E-state index contributed by atoms with van der Waals surface area (Å²) in [5, 5.41) is 0. The molecule has 0 spiro atoms. The molecule has 0 radical (unpaired) electrons. The van der Waals surface area contributed by atoms with E-state index in [4.69, 9.17) is 9.47 Å². The lowest BCUT2D eigenvalue weighted by Crippen LogP contribution is -2.41. The summed E-state index contributed by atoms with van der Waals surface area (Å²) in [6.07, 6.45) is 17.6. The number of carbonyl (C=O) groups excluding carboxylic acids is 1. The monoisotopic (exact) mass is 566 g/mol. The van der Waals surface area contributed by atoms with E-state index in [1.807, 2.05) is 25.1 Å². The molecule has 2 rings (SSSR count). The number of para-hydroxylation sites is 1. The molecule has 0 saturated carbocycles. The van der Waals surface area contributed by atoms with Gasteiger partial charge >= 0.3 is 5.97 Å². The molecular formula is C37H60NO3+. The van der Waals surface area contributed by atoms with Gasteiger partial charge in [-0.15, -0.1) is 0 Å². The highest BCUT2D eigenvalue weighted by Gasteiger charge is 2.25. The number of nitrogens with zero attached hydrogens (tertiary/aromatic N) is 1. The number of ether oxygens (including phenoxy) is 2. The first kappa shape index (κ1) is 34.9. The Morgan fingerprint density at radius 3 is 1.95 bits per heavy atom. The van der Waals surface area contributed by atoms with Crippen LogP contribution in [0.25, 0.3) is 0 Å². The lowest BCUT2D eigenvalue weighted by atomic mass is 10.0. The van der Waals surface area contributed by atoms with Crippen molar-refractivity contribution in [1.82, 2.24) is 0 Å². The van der Waals surface area contributed by atoms with E-state index in [-0.39, 0.29) is 11.9 Å². The zero-order valence-corrected chi connectivity index (χ0v) is 27.0. The molecule has 0 aliphatic heterocycles. The second-order valence-electron chi connectivity index (χ2n) is 12.7. The van der Waals surface area contributed by atoms with Crippen molar-refractivity contribution in [1.29, 1.82) is 0 Å². The van der Waals surface area contributed by atoms with Crippen LogP contribution < -0.4 is 4.74 Å². The van der Waals surface area contributed by atoms with Crippen LogP contribution in [0.15, 0.2) is 54.6 Å². The summed E-state index contributed by atoms with van der Waals surface area (Å²) >= 11 is 0. The minimum absolute atomic E-state index is 0.161. The van der Waals surface area contributed by atoms with Gasteiger partial charge in [-0.3, -0.25) is 4.79 Å². The largest absolute Gasteiger partial charge is 0.455 e. The number of benzene rings is 2. The number of unbranched alkanes of at least 4 members (excludes halogenated alkanes) is 10. The van der Waals surface area contributed by atoms with Gasteiger partial charge in [-0.25, -0.2) is 0 Å². The summed E-state index contributed by atoms with van der Waals surface area (Å²) in [4.78, 5) is 13.1. The number of rotatable bonds is 23. The van der Waals surface area contributed by atoms with Gasteiger partial charge < -0.3 is 14.0 Å². The molecule has 2 aromatic carbocycles. The molecule has 4 nitrogen and oxygen atoms in total. The first-order chi connectivity index (χ1) is 19.8. The molecule has 2 unspecified atom stereocenters. The fraction of sp³-hybridized carbons (Fsp3) is 0.649. The van der Waals surface area contributed by atoms with Gasteiger partial charge in [0.05, 0.1) is 26.6 Å². The molecular weight excluding hydrogens is 506 g/mol. The van der Waals surface area contributed by atoms with E-state index in [9.17, 15) is 4.79 Å². The number of carbonyl (C=O) groups is 1. The smallest absolute Gasteiger partial charge is 0.311 e. The quantitative estimate of drug-likeness (QED) is 0.0581. The highest BCUT2D eigenvalue weighted by atomic mass is 16.7. The highest BCUT2D eigenvalue weighted by Crippen LogP contribution is 2.24. The fourth-order valence-electron chi connectivity index (χ4n) is 5.39. The number of esters is 1. The van der Waals surface area contributed by atoms with Crippen molar-refractivity contribution in [3.05, 3.63) is 65.7 Å². The molecule has 2 aromatic rings. The van der Waals surface area contributed by atoms with E-state index in [2.05, 4.69) is 64.3 Å². The van der Waals surface area contributed by atoms with E-state index >= 15 is 0 Å². The first-order valence-electron chi connectivity index (χ1n) is 16.7. The van der Waals surface area contributed by atoms with Crippen molar-refractivity contribution in [3.8, 4) is 5.75 Å². The number of aryl methyl sites for hydroxylation is 1. The zero-order valence-electron chi connectivity index (χ0n) is 27.0. The predicted molar refractivity (Wildman–Crippen MR) is 173 cm³/mol. The summed E-state index contributed by atoms with van der Waals surface area (Å²) in [5.74, 6) is 0.530. The van der Waals surface area contributed by atoms with E-state index in [1.54, 1.807) is 0 Å². The Bertz CT molecular complexity index is 942. The third-order valence-electron chi connectivity index (χ3n) is 8.08. The highest BCUT2D eigenvalue weighted by molar-refractivity contribution is 5.72. The van der Waals surface area contributed by atoms with Gasteiger partial charge in [-0.05, 0) is 30.9 Å². The van der Waals surface area contributed by atoms with Crippen molar-refractivity contribution in [2.24, 2.45) is 5.92 Å². The maximum atomic E-state index is 13.1. The maximum Gasteiger partial charge on any atom is 0.311 e. The average Bonchev–Trinajstić information content (AvgIpc) is 2.96. The Morgan fingerprint density at radius 1 is 0.732 bits per heavy atom. The van der Waals surface area contributed by atoms with E-state index in [0.717, 1.165) is 42.6 Å². The molecule has 4 heteroatoms. The van der Waals surface area contributed by atoms with Crippen LogP contribution in [0, 0.1) is 5.92 Å². The molecule has 0 N–H and O–H groups in total. The second-order valence-corrected chi connectivity index (χ2v) is 12.7. The Kier molecular flexibility index (Phi) is 17.5. The standard InChI is InChI=1S/C37H60NO3/c1-6-8-9-10-11-12-13-14-15-16-20-26-34-27-21-22-28-35(34)40-36(23-7-2)41-37(39)32(3)29-30-38(4,5)31-33-24-18-17-19-25-33/h17-19,21-22,24-25,27-28,32,36H,6-16,20,23,26,29-31H2,1-5H3/q+1. The Balaban J connectivity index is 1.76. The summed E-state index contributed by atoms with van der Waals surface area (Å²) in [6, 6.07) is 18.8. The van der Waals surface area contributed by atoms with Gasteiger partial charge in [-0.2, -0.15) is 0 Å². The van der Waals surface area contributed by atoms with Crippen molar-refractivity contribution >= 4 is 5.97 Å². The van der Waals surface area contributed by atoms with Gasteiger partial charge in [0.2, 0.25) is 6.29 Å². The Labute approximate surface area is 252 Å². The van der Waals surface area contributed by atoms with Crippen molar-refractivity contribution < 1.29 is 18.8 Å². The van der Waals surface area contributed by atoms with Crippen LogP contribution in [-0.2, 0) is 22.5 Å². The summed E-state index contributed by atoms with van der Waals surface area (Å²) in [7, 11) is 4.45. The topological polar surface area (TPSA) is 35.5 Å². The first-order valence-corrected chi connectivity index (χ1v) is 16.7. The van der Waals surface area contributed by atoms with Crippen LogP contribution in [0.5, 0.6) is 5.75 Å². The van der Waals surface area contributed by atoms with Crippen molar-refractivity contribution in [2.45, 2.75) is 130 Å². The molecule has 0 fully saturated rings. The molecule has 2 atom stereocenters. The summed E-state index contributed by atoms with van der Waals surface area (Å²) < 4.78 is 13.1. The molecule has 0 aliphatic carbocycles. The minimum atomic E-state index is -0.541. The van der Waals surface area contributed by atoms with Crippen LogP contribution in [0.3, 0.4) is 0 Å². The Morgan fingerprint density at radius 2 is 1.32 bits per heavy atom. The van der Waals surface area contributed by atoms with Crippen LogP contribution in [0.4, 0.5) is 0 Å². The third kappa shape index (κ3) is 15.5. The second kappa shape index (κ2) is 20.5. The molecule has 0 bridgehead atoms. The average molecular weight is 567 g/mol. The molecule has 0 amide bonds. The lowest BCUT2D eigenvalue weighted by molar-refractivity contribution is -0.904. The molecule has 0 saturated heterocycles. The molecule has 0 heterocycles. The molecule has 41 heavy (non-hydrogen) atoms. The fourth-order valence-corrected chi connectivity index (χ4v) is 5.39. The summed E-state index contributed by atoms with van der Waals surface area (Å²) in [5.41, 5.74) is 2.53. The van der Waals surface area contributed by atoms with E-state index < -0.39 is 6.29 Å². The minimum Gasteiger partial charge on any atom is -0.455 e. The lowest BCUT2D eigenvalue weighted by Gasteiger charge is -2.31. The maximum absolute atomic E-state index is 13.1. The molecule has 230 valence electrons. The van der Waals surface area contributed by atoms with Gasteiger partial charge in [0, 0.05) is 18.4 Å². The number of hydrogen-bond donors (Lipinski definition) is 0. The molecule has 0 aliphatic rings. The van der Waals surface area contributed by atoms with Crippen molar-refractivity contribution in [2.75, 3.05) is 20.6 Å². The SMILES string of the molecule is CCCCCCCCCCCCCc1ccccc1OC(CCC)OC(=O)C(C)CC[N+](C)(C)Cc1ccccc1. The third-order valence-corrected chi connectivity index (χ3v) is 8.08. The van der Waals surface area contributed by atoms with Gasteiger partial charge in [0.15, 0.2) is 0 Å². The van der Waals surface area contributed by atoms with Crippen LogP contribution in [0.2, 0.25) is 0 Å². The zero-order chi connectivity index (χ0) is 29.8. The van der Waals surface area contributed by atoms with Crippen LogP contribution in [0.1, 0.15) is 122 Å². The van der Waals surface area contributed by atoms with Crippen LogP contribution >= 0.6 is 0 Å². The van der Waals surface area contributed by atoms with Crippen LogP contribution in [-0.4, -0.2) is 37.4 Å². The van der Waals surface area contributed by atoms with Gasteiger partial charge in [0.25, 0.3) is 0 Å². The van der Waals surface area contributed by atoms with Crippen molar-refractivity contribution in [3.63, 3.8) is 0 Å². The van der Waals surface area contributed by atoms with E-state index in [1.165, 1.54) is 81.8 Å². The predicted octanol–water partition coefficient (Wildman–Crippen LogP) is 9.89. The van der Waals surface area contributed by atoms with E-state index in [0.29, 0.717) is 6.42 Å². The van der Waals surface area contributed by atoms with Gasteiger partial charge in [-0.1, -0.05) is 134 Å². The summed E-state index contributed by atoms with van der Waals surface area (Å²) in [6.45, 7) is 8.22. The number of hydrogen-bond acceptors (Lipinski definition) is 3. The van der Waals surface area contributed by atoms with Gasteiger partial charge in [0.1, 0.15) is 12.3 Å².